The lowest BCUT2D eigenvalue weighted by Crippen LogP contribution is -2.43. The maximum atomic E-state index is 12.5. The van der Waals surface area contributed by atoms with Crippen molar-refractivity contribution < 1.29 is 37.4 Å². The third kappa shape index (κ3) is 9.67. The fourth-order valence-electron chi connectivity index (χ4n) is 2.93. The minimum atomic E-state index is -4.51. The molecule has 0 aromatic heterocycles. The van der Waals surface area contributed by atoms with Crippen molar-refractivity contribution in [3.63, 3.8) is 0 Å². The Labute approximate surface area is 193 Å². The van der Waals surface area contributed by atoms with Gasteiger partial charge in [0.05, 0.1) is 11.4 Å². The van der Waals surface area contributed by atoms with E-state index in [-0.39, 0.29) is 30.2 Å². The standard InChI is InChI=1S/C22H25F3N4O5/c23-22(24,25)13-34-15-7-5-6-14(12-15)27-20(31)18(29-21(32)33)10-3-4-11-19(30)28-17-9-2-1-8-16(17)26/h1-2,5-9,12,18,29H,3-4,10-11,13,26H2,(H,27,31)(H,28,30)(H,32,33). The Hall–Kier alpha value is -3.96. The van der Waals surface area contributed by atoms with Gasteiger partial charge in [-0.2, -0.15) is 13.2 Å². The van der Waals surface area contributed by atoms with E-state index in [1.165, 1.54) is 24.3 Å². The summed E-state index contributed by atoms with van der Waals surface area (Å²) in [4.78, 5) is 35.7. The summed E-state index contributed by atoms with van der Waals surface area (Å²) in [5.74, 6) is -1.08. The lowest BCUT2D eigenvalue weighted by Gasteiger charge is -2.17. The summed E-state index contributed by atoms with van der Waals surface area (Å²) in [5.41, 5.74) is 6.82. The molecule has 0 aliphatic heterocycles. The highest BCUT2D eigenvalue weighted by atomic mass is 19.4. The van der Waals surface area contributed by atoms with Crippen molar-refractivity contribution in [1.82, 2.24) is 5.32 Å². The Morgan fingerprint density at radius 1 is 1.03 bits per heavy atom. The number of unbranched alkanes of at least 4 members (excludes halogenated alkanes) is 1. The normalized spacial score (nSPS) is 11.9. The molecular weight excluding hydrogens is 457 g/mol. The number of alkyl halides is 3. The van der Waals surface area contributed by atoms with Crippen LogP contribution in [0.5, 0.6) is 5.75 Å². The van der Waals surface area contributed by atoms with Crippen LogP contribution < -0.4 is 26.4 Å². The van der Waals surface area contributed by atoms with Crippen molar-refractivity contribution in [2.45, 2.75) is 37.9 Å². The van der Waals surface area contributed by atoms with Gasteiger partial charge in [-0.3, -0.25) is 9.59 Å². The van der Waals surface area contributed by atoms with E-state index < -0.39 is 30.8 Å². The van der Waals surface area contributed by atoms with Gasteiger partial charge in [0.15, 0.2) is 6.61 Å². The third-order valence-electron chi connectivity index (χ3n) is 4.50. The predicted molar refractivity (Wildman–Crippen MR) is 120 cm³/mol. The number of carboxylic acid groups (broad SMARTS) is 1. The number of benzene rings is 2. The average Bonchev–Trinajstić information content (AvgIpc) is 2.75. The molecule has 1 unspecified atom stereocenters. The molecule has 0 saturated carbocycles. The molecule has 0 heterocycles. The minimum absolute atomic E-state index is 0.100. The van der Waals surface area contributed by atoms with Crippen LogP contribution in [0.2, 0.25) is 0 Å². The molecule has 0 radical (unpaired) electrons. The third-order valence-corrected chi connectivity index (χ3v) is 4.50. The molecular formula is C22H25F3N4O5. The van der Waals surface area contributed by atoms with Gasteiger partial charge in [0.2, 0.25) is 11.8 Å². The molecule has 3 amide bonds. The predicted octanol–water partition coefficient (Wildman–Crippen LogP) is 3.98. The highest BCUT2D eigenvalue weighted by Gasteiger charge is 2.28. The van der Waals surface area contributed by atoms with Gasteiger partial charge in [0.25, 0.3) is 0 Å². The zero-order chi connectivity index (χ0) is 25.1. The van der Waals surface area contributed by atoms with E-state index in [1.807, 2.05) is 0 Å². The van der Waals surface area contributed by atoms with Gasteiger partial charge >= 0.3 is 12.3 Å². The molecule has 2 rings (SSSR count). The van der Waals surface area contributed by atoms with E-state index in [1.54, 1.807) is 24.3 Å². The minimum Gasteiger partial charge on any atom is -0.484 e. The summed E-state index contributed by atoms with van der Waals surface area (Å²) >= 11 is 0. The lowest BCUT2D eigenvalue weighted by molar-refractivity contribution is -0.153. The van der Waals surface area contributed by atoms with Gasteiger partial charge < -0.3 is 31.5 Å². The van der Waals surface area contributed by atoms with Gasteiger partial charge in [0, 0.05) is 18.2 Å². The number of ether oxygens (including phenoxy) is 1. The first-order chi connectivity index (χ1) is 16.0. The zero-order valence-corrected chi connectivity index (χ0v) is 18.0. The molecule has 2 aromatic carbocycles. The number of amides is 3. The van der Waals surface area contributed by atoms with Crippen LogP contribution >= 0.6 is 0 Å². The van der Waals surface area contributed by atoms with Crippen LogP contribution in [0.15, 0.2) is 48.5 Å². The molecule has 0 bridgehead atoms. The Morgan fingerprint density at radius 3 is 2.44 bits per heavy atom. The topological polar surface area (TPSA) is 143 Å². The Bertz CT molecular complexity index is 1000. The number of nitrogen functional groups attached to an aromatic ring is 1. The molecule has 0 aliphatic carbocycles. The van der Waals surface area contributed by atoms with E-state index in [2.05, 4.69) is 20.7 Å². The molecule has 184 valence electrons. The first-order valence-corrected chi connectivity index (χ1v) is 10.3. The maximum Gasteiger partial charge on any atom is 0.422 e. The molecule has 0 aliphatic rings. The van der Waals surface area contributed by atoms with E-state index in [0.29, 0.717) is 24.2 Å². The van der Waals surface area contributed by atoms with E-state index >= 15 is 0 Å². The molecule has 0 saturated heterocycles. The highest BCUT2D eigenvalue weighted by Crippen LogP contribution is 2.22. The first-order valence-electron chi connectivity index (χ1n) is 10.3. The van der Waals surface area contributed by atoms with Crippen molar-refractivity contribution in [2.24, 2.45) is 0 Å². The smallest absolute Gasteiger partial charge is 0.422 e. The number of hydrogen-bond acceptors (Lipinski definition) is 5. The van der Waals surface area contributed by atoms with Crippen molar-refractivity contribution in [1.29, 1.82) is 0 Å². The average molecular weight is 482 g/mol. The second-order valence-electron chi connectivity index (χ2n) is 7.30. The number of carbonyl (C=O) groups excluding carboxylic acids is 2. The summed E-state index contributed by atoms with van der Waals surface area (Å²) in [5, 5.41) is 16.3. The van der Waals surface area contributed by atoms with E-state index in [4.69, 9.17) is 10.8 Å². The van der Waals surface area contributed by atoms with Crippen LogP contribution in [0.1, 0.15) is 25.7 Å². The van der Waals surface area contributed by atoms with Gasteiger partial charge in [-0.05, 0) is 37.1 Å². The second-order valence-corrected chi connectivity index (χ2v) is 7.30. The SMILES string of the molecule is Nc1ccccc1NC(=O)CCCCC(NC(=O)O)C(=O)Nc1cccc(OCC(F)(F)F)c1. The fraction of sp³-hybridized carbons (Fsp3) is 0.318. The Balaban J connectivity index is 1.86. The fourth-order valence-corrected chi connectivity index (χ4v) is 2.93. The molecule has 34 heavy (non-hydrogen) atoms. The Morgan fingerprint density at radius 2 is 1.76 bits per heavy atom. The Kier molecular flexibility index (Phi) is 9.53. The van der Waals surface area contributed by atoms with E-state index in [0.717, 1.165) is 0 Å². The van der Waals surface area contributed by atoms with Crippen molar-refractivity contribution in [3.05, 3.63) is 48.5 Å². The maximum absolute atomic E-state index is 12.5. The van der Waals surface area contributed by atoms with Crippen molar-refractivity contribution in [2.75, 3.05) is 23.0 Å². The molecule has 1 atom stereocenters. The van der Waals surface area contributed by atoms with Crippen molar-refractivity contribution >= 4 is 35.0 Å². The molecule has 0 fully saturated rings. The summed E-state index contributed by atoms with van der Waals surface area (Å²) in [6.07, 6.45) is -4.97. The van der Waals surface area contributed by atoms with E-state index in [9.17, 15) is 27.6 Å². The van der Waals surface area contributed by atoms with Gasteiger partial charge in [-0.15, -0.1) is 0 Å². The highest BCUT2D eigenvalue weighted by molar-refractivity contribution is 5.96. The number of nitrogens with one attached hydrogen (secondary N) is 3. The van der Waals surface area contributed by atoms with Crippen LogP contribution in [-0.2, 0) is 9.59 Å². The number of anilines is 3. The number of hydrogen-bond donors (Lipinski definition) is 5. The number of nitrogens with two attached hydrogens (primary N) is 1. The van der Waals surface area contributed by atoms with Gasteiger partial charge in [-0.25, -0.2) is 4.79 Å². The zero-order valence-electron chi connectivity index (χ0n) is 18.0. The van der Waals surface area contributed by atoms with Crippen molar-refractivity contribution in [3.8, 4) is 5.75 Å². The largest absolute Gasteiger partial charge is 0.484 e. The molecule has 6 N–H and O–H groups in total. The number of para-hydroxylation sites is 2. The van der Waals surface area contributed by atoms with Crippen LogP contribution in [-0.4, -0.2) is 41.8 Å². The summed E-state index contributed by atoms with van der Waals surface area (Å²) in [6, 6.07) is 10.9. The number of halogens is 3. The molecule has 12 heteroatoms. The van der Waals surface area contributed by atoms with Crippen LogP contribution in [0.3, 0.4) is 0 Å². The van der Waals surface area contributed by atoms with Gasteiger partial charge in [-0.1, -0.05) is 24.6 Å². The quantitative estimate of drug-likeness (QED) is 0.242. The van der Waals surface area contributed by atoms with Crippen LogP contribution in [0.25, 0.3) is 0 Å². The lowest BCUT2D eigenvalue weighted by atomic mass is 10.1. The molecule has 2 aromatic rings. The van der Waals surface area contributed by atoms with Gasteiger partial charge in [0.1, 0.15) is 11.8 Å². The van der Waals surface area contributed by atoms with Crippen LogP contribution in [0.4, 0.5) is 35.0 Å². The summed E-state index contributed by atoms with van der Waals surface area (Å²) < 4.78 is 41.6. The molecule has 0 spiro atoms. The summed E-state index contributed by atoms with van der Waals surface area (Å²) in [7, 11) is 0. The second kappa shape index (κ2) is 12.3. The summed E-state index contributed by atoms with van der Waals surface area (Å²) in [6.45, 7) is -1.49. The number of carbonyl (C=O) groups is 3. The first kappa shape index (κ1) is 26.3. The monoisotopic (exact) mass is 482 g/mol. The number of rotatable bonds is 11. The van der Waals surface area contributed by atoms with Crippen LogP contribution in [0, 0.1) is 0 Å². The molecule has 9 nitrogen and oxygen atoms in total.